The zero-order chi connectivity index (χ0) is 9.71. The second-order valence-electron chi connectivity index (χ2n) is 4.37. The molecule has 0 amide bonds. The third-order valence-corrected chi connectivity index (χ3v) is 3.37. The van der Waals surface area contributed by atoms with Gasteiger partial charge in [-0.3, -0.25) is 0 Å². The van der Waals surface area contributed by atoms with Gasteiger partial charge in [-0.2, -0.15) is 0 Å². The van der Waals surface area contributed by atoms with Gasteiger partial charge in [-0.1, -0.05) is 0 Å². The van der Waals surface area contributed by atoms with Crippen molar-refractivity contribution in [1.82, 2.24) is 9.97 Å². The summed E-state index contributed by atoms with van der Waals surface area (Å²) in [4.78, 5) is 10.6. The van der Waals surface area contributed by atoms with E-state index in [9.17, 15) is 0 Å². The standard InChI is InChI=1S/C10H14N4/c1-6-9(11)12-5-13-10(6)14-3-7-2-8(7)4-14/h5,7-8H,2-4H2,1H3,(H2,11,12,13). The molecule has 2 aliphatic rings. The first kappa shape index (κ1) is 8.03. The second kappa shape index (κ2) is 2.59. The Morgan fingerprint density at radius 3 is 2.79 bits per heavy atom. The molecule has 2 fully saturated rings. The van der Waals surface area contributed by atoms with E-state index in [0.717, 1.165) is 36.3 Å². The van der Waals surface area contributed by atoms with Gasteiger partial charge in [0.2, 0.25) is 0 Å². The largest absolute Gasteiger partial charge is 0.383 e. The Morgan fingerprint density at radius 2 is 2.07 bits per heavy atom. The normalized spacial score (nSPS) is 29.1. The maximum Gasteiger partial charge on any atom is 0.137 e. The predicted molar refractivity (Wildman–Crippen MR) is 55.0 cm³/mol. The van der Waals surface area contributed by atoms with E-state index in [1.165, 1.54) is 6.42 Å². The summed E-state index contributed by atoms with van der Waals surface area (Å²) in [6.07, 6.45) is 2.97. The lowest BCUT2D eigenvalue weighted by Crippen LogP contribution is -2.24. The fraction of sp³-hybridized carbons (Fsp3) is 0.600. The molecule has 0 bridgehead atoms. The van der Waals surface area contributed by atoms with Gasteiger partial charge in [0, 0.05) is 18.7 Å². The van der Waals surface area contributed by atoms with Gasteiger partial charge in [0.25, 0.3) is 0 Å². The third-order valence-electron chi connectivity index (χ3n) is 3.37. The average Bonchev–Trinajstić information content (AvgIpc) is 2.78. The first-order valence-electron chi connectivity index (χ1n) is 5.07. The van der Waals surface area contributed by atoms with Crippen molar-refractivity contribution < 1.29 is 0 Å². The van der Waals surface area contributed by atoms with E-state index < -0.39 is 0 Å². The summed E-state index contributed by atoms with van der Waals surface area (Å²) in [5.74, 6) is 3.48. The summed E-state index contributed by atoms with van der Waals surface area (Å²) in [5.41, 5.74) is 6.78. The van der Waals surface area contributed by atoms with Crippen LogP contribution in [-0.2, 0) is 0 Å². The lowest BCUT2D eigenvalue weighted by molar-refractivity contribution is 0.798. The molecule has 0 aromatic carbocycles. The summed E-state index contributed by atoms with van der Waals surface area (Å²) in [5, 5.41) is 0. The molecule has 0 spiro atoms. The van der Waals surface area contributed by atoms with Crippen molar-refractivity contribution in [2.24, 2.45) is 11.8 Å². The van der Waals surface area contributed by atoms with E-state index in [1.54, 1.807) is 6.33 Å². The monoisotopic (exact) mass is 190 g/mol. The van der Waals surface area contributed by atoms with Crippen molar-refractivity contribution in [1.29, 1.82) is 0 Å². The molecule has 3 rings (SSSR count). The van der Waals surface area contributed by atoms with Gasteiger partial charge >= 0.3 is 0 Å². The van der Waals surface area contributed by atoms with E-state index in [2.05, 4.69) is 14.9 Å². The van der Waals surface area contributed by atoms with Crippen LogP contribution in [-0.4, -0.2) is 23.1 Å². The number of aromatic nitrogens is 2. The van der Waals surface area contributed by atoms with Crippen LogP contribution in [0, 0.1) is 18.8 Å². The smallest absolute Gasteiger partial charge is 0.137 e. The molecule has 1 saturated heterocycles. The Hall–Kier alpha value is -1.32. The van der Waals surface area contributed by atoms with E-state index in [1.807, 2.05) is 6.92 Å². The predicted octanol–water partition coefficient (Wildman–Crippen LogP) is 0.823. The Kier molecular flexibility index (Phi) is 1.48. The van der Waals surface area contributed by atoms with Gasteiger partial charge in [-0.05, 0) is 25.2 Å². The molecular formula is C10H14N4. The minimum absolute atomic E-state index is 0.607. The van der Waals surface area contributed by atoms with Gasteiger partial charge in [0.15, 0.2) is 0 Å². The molecule has 1 aliphatic heterocycles. The highest BCUT2D eigenvalue weighted by molar-refractivity contribution is 5.56. The van der Waals surface area contributed by atoms with Crippen LogP contribution >= 0.6 is 0 Å². The van der Waals surface area contributed by atoms with E-state index in [-0.39, 0.29) is 0 Å². The van der Waals surface area contributed by atoms with Crippen molar-refractivity contribution in [3.8, 4) is 0 Å². The highest BCUT2D eigenvalue weighted by atomic mass is 15.2. The van der Waals surface area contributed by atoms with Crippen molar-refractivity contribution in [2.75, 3.05) is 23.7 Å². The van der Waals surface area contributed by atoms with Crippen LogP contribution < -0.4 is 10.6 Å². The molecule has 2 N–H and O–H groups in total. The Labute approximate surface area is 83.1 Å². The van der Waals surface area contributed by atoms with E-state index in [4.69, 9.17) is 5.73 Å². The summed E-state index contributed by atoms with van der Waals surface area (Å²) >= 11 is 0. The highest BCUT2D eigenvalue weighted by Crippen LogP contribution is 2.46. The molecule has 1 aliphatic carbocycles. The molecule has 74 valence electrons. The quantitative estimate of drug-likeness (QED) is 0.712. The van der Waals surface area contributed by atoms with Crippen molar-refractivity contribution >= 4 is 11.6 Å². The highest BCUT2D eigenvalue weighted by Gasteiger charge is 2.45. The summed E-state index contributed by atoms with van der Waals surface area (Å²) in [6, 6.07) is 0. The Morgan fingerprint density at radius 1 is 1.36 bits per heavy atom. The van der Waals surface area contributed by atoms with Crippen LogP contribution in [0.5, 0.6) is 0 Å². The maximum absolute atomic E-state index is 5.76. The number of hydrogen-bond donors (Lipinski definition) is 1. The number of hydrogen-bond acceptors (Lipinski definition) is 4. The molecule has 2 heterocycles. The van der Waals surface area contributed by atoms with Gasteiger partial charge in [-0.25, -0.2) is 9.97 Å². The van der Waals surface area contributed by atoms with Gasteiger partial charge < -0.3 is 10.6 Å². The van der Waals surface area contributed by atoms with Crippen LogP contribution in [0.3, 0.4) is 0 Å². The van der Waals surface area contributed by atoms with Gasteiger partial charge in [0.05, 0.1) is 0 Å². The van der Waals surface area contributed by atoms with Gasteiger partial charge in [-0.15, -0.1) is 0 Å². The Balaban J connectivity index is 1.92. The van der Waals surface area contributed by atoms with Crippen molar-refractivity contribution in [3.05, 3.63) is 11.9 Å². The summed E-state index contributed by atoms with van der Waals surface area (Å²) in [7, 11) is 0. The molecule has 2 atom stereocenters. The molecule has 1 aromatic rings. The molecule has 0 radical (unpaired) electrons. The SMILES string of the molecule is Cc1c(N)ncnc1N1CC2CC2C1. The lowest BCUT2D eigenvalue weighted by atomic mass is 10.3. The molecule has 4 heteroatoms. The summed E-state index contributed by atoms with van der Waals surface area (Å²) < 4.78 is 0. The minimum atomic E-state index is 0.607. The number of nitrogen functional groups attached to an aromatic ring is 1. The second-order valence-corrected chi connectivity index (χ2v) is 4.37. The van der Waals surface area contributed by atoms with Crippen LogP contribution in [0.15, 0.2) is 6.33 Å². The zero-order valence-electron chi connectivity index (χ0n) is 8.27. The first-order chi connectivity index (χ1) is 6.75. The molecule has 4 nitrogen and oxygen atoms in total. The van der Waals surface area contributed by atoms with Crippen LogP contribution in [0.25, 0.3) is 0 Å². The fourth-order valence-electron chi connectivity index (χ4n) is 2.34. The number of piperidine rings is 1. The average molecular weight is 190 g/mol. The van der Waals surface area contributed by atoms with Gasteiger partial charge in [0.1, 0.15) is 18.0 Å². The molecular weight excluding hydrogens is 176 g/mol. The first-order valence-corrected chi connectivity index (χ1v) is 5.07. The van der Waals surface area contributed by atoms with Crippen LogP contribution in [0.4, 0.5) is 11.6 Å². The lowest BCUT2D eigenvalue weighted by Gasteiger charge is -2.20. The molecule has 1 aromatic heterocycles. The molecule has 1 saturated carbocycles. The van der Waals surface area contributed by atoms with E-state index in [0.29, 0.717) is 5.82 Å². The van der Waals surface area contributed by atoms with Crippen molar-refractivity contribution in [3.63, 3.8) is 0 Å². The Bertz CT molecular complexity index is 366. The maximum atomic E-state index is 5.76. The topological polar surface area (TPSA) is 55.0 Å². The number of nitrogens with zero attached hydrogens (tertiary/aromatic N) is 3. The third kappa shape index (κ3) is 1.06. The number of anilines is 2. The summed E-state index contributed by atoms with van der Waals surface area (Å²) in [6.45, 7) is 4.30. The minimum Gasteiger partial charge on any atom is -0.383 e. The number of fused-ring (bicyclic) bond motifs is 1. The number of nitrogens with two attached hydrogens (primary N) is 1. The van der Waals surface area contributed by atoms with Crippen LogP contribution in [0.1, 0.15) is 12.0 Å². The fourth-order valence-corrected chi connectivity index (χ4v) is 2.34. The number of rotatable bonds is 1. The molecule has 2 unspecified atom stereocenters. The molecule has 14 heavy (non-hydrogen) atoms. The van der Waals surface area contributed by atoms with Crippen LogP contribution in [0.2, 0.25) is 0 Å². The van der Waals surface area contributed by atoms with E-state index >= 15 is 0 Å². The van der Waals surface area contributed by atoms with Crippen molar-refractivity contribution in [2.45, 2.75) is 13.3 Å². The zero-order valence-corrected chi connectivity index (χ0v) is 8.27.